The van der Waals surface area contributed by atoms with Crippen LogP contribution in [0, 0.1) is 6.92 Å². The summed E-state index contributed by atoms with van der Waals surface area (Å²) >= 11 is 0. The molecule has 0 bridgehead atoms. The maximum absolute atomic E-state index is 12.5. The van der Waals surface area contributed by atoms with E-state index in [1.54, 1.807) is 0 Å². The van der Waals surface area contributed by atoms with E-state index in [0.29, 0.717) is 24.3 Å². The smallest absolute Gasteiger partial charge is 0.273 e. The Balaban J connectivity index is 1.52. The van der Waals surface area contributed by atoms with Crippen LogP contribution in [0.1, 0.15) is 67.7 Å². The molecule has 1 amide bonds. The molecule has 2 saturated heterocycles. The third-order valence-corrected chi connectivity index (χ3v) is 5.70. The van der Waals surface area contributed by atoms with E-state index in [-0.39, 0.29) is 5.91 Å². The van der Waals surface area contributed by atoms with Gasteiger partial charge in [-0.15, -0.1) is 5.10 Å². The van der Waals surface area contributed by atoms with Crippen LogP contribution in [-0.2, 0) is 0 Å². The fourth-order valence-electron chi connectivity index (χ4n) is 4.16. The number of nitrogens with zero attached hydrogens (tertiary/aromatic N) is 4. The molecule has 1 aromatic heterocycles. The molecular formula is C18H32N6O. The molecule has 3 heterocycles. The van der Waals surface area contributed by atoms with Gasteiger partial charge in [0.05, 0.1) is 11.7 Å². The Morgan fingerprint density at radius 3 is 2.84 bits per heavy atom. The molecule has 2 aliphatic heterocycles. The summed E-state index contributed by atoms with van der Waals surface area (Å²) in [5.74, 6) is -0.0947. The van der Waals surface area contributed by atoms with E-state index in [4.69, 9.17) is 0 Å². The number of piperidine rings is 2. The molecule has 25 heavy (non-hydrogen) atoms. The minimum absolute atomic E-state index is 0.0947. The highest BCUT2D eigenvalue weighted by molar-refractivity contribution is 5.93. The molecule has 0 spiro atoms. The van der Waals surface area contributed by atoms with Crippen LogP contribution in [0.4, 0.5) is 0 Å². The van der Waals surface area contributed by atoms with E-state index in [9.17, 15) is 4.79 Å². The first kappa shape index (κ1) is 18.3. The van der Waals surface area contributed by atoms with E-state index in [1.807, 2.05) is 11.6 Å². The monoisotopic (exact) mass is 348 g/mol. The third-order valence-electron chi connectivity index (χ3n) is 5.70. The molecule has 2 fully saturated rings. The first-order valence-corrected chi connectivity index (χ1v) is 9.85. The van der Waals surface area contributed by atoms with Crippen molar-refractivity contribution in [3.05, 3.63) is 11.4 Å². The largest absolute Gasteiger partial charge is 0.349 e. The number of carbonyl (C=O) groups is 1. The molecule has 3 rings (SSSR count). The summed E-state index contributed by atoms with van der Waals surface area (Å²) in [7, 11) is 0. The number of carbonyl (C=O) groups excluding carboxylic acids is 1. The second kappa shape index (κ2) is 8.76. The zero-order chi connectivity index (χ0) is 17.6. The lowest BCUT2D eigenvalue weighted by Gasteiger charge is -2.35. The van der Waals surface area contributed by atoms with Crippen molar-refractivity contribution in [1.82, 2.24) is 30.5 Å². The van der Waals surface area contributed by atoms with Gasteiger partial charge in [0.2, 0.25) is 0 Å². The van der Waals surface area contributed by atoms with Crippen molar-refractivity contribution in [2.24, 2.45) is 0 Å². The number of amides is 1. The summed E-state index contributed by atoms with van der Waals surface area (Å²) in [6, 6.07) is 1.03. The van der Waals surface area contributed by atoms with Gasteiger partial charge in [0, 0.05) is 19.1 Å². The fraction of sp³-hybridized carbons (Fsp3) is 0.833. The molecule has 0 aliphatic carbocycles. The van der Waals surface area contributed by atoms with Crippen LogP contribution < -0.4 is 10.6 Å². The van der Waals surface area contributed by atoms with Gasteiger partial charge in [-0.2, -0.15) is 0 Å². The van der Waals surface area contributed by atoms with Gasteiger partial charge < -0.3 is 10.6 Å². The lowest BCUT2D eigenvalue weighted by Crippen LogP contribution is -2.43. The van der Waals surface area contributed by atoms with Gasteiger partial charge in [-0.25, -0.2) is 4.68 Å². The number of hydrogen-bond acceptors (Lipinski definition) is 5. The molecule has 7 nitrogen and oxygen atoms in total. The predicted molar refractivity (Wildman–Crippen MR) is 97.7 cm³/mol. The van der Waals surface area contributed by atoms with E-state index in [2.05, 4.69) is 32.8 Å². The van der Waals surface area contributed by atoms with Gasteiger partial charge in [-0.05, 0) is 58.7 Å². The number of hydrogen-bond donors (Lipinski definition) is 2. The van der Waals surface area contributed by atoms with Crippen LogP contribution in [-0.4, -0.2) is 64.6 Å². The predicted octanol–water partition coefficient (Wildman–Crippen LogP) is 1.51. The summed E-state index contributed by atoms with van der Waals surface area (Å²) in [6.45, 7) is 8.96. The van der Waals surface area contributed by atoms with Crippen molar-refractivity contribution >= 4 is 5.91 Å². The minimum Gasteiger partial charge on any atom is -0.349 e. The summed E-state index contributed by atoms with van der Waals surface area (Å²) in [5.41, 5.74) is 1.36. The Morgan fingerprint density at radius 2 is 2.08 bits per heavy atom. The third kappa shape index (κ3) is 4.39. The average molecular weight is 348 g/mol. The van der Waals surface area contributed by atoms with Crippen molar-refractivity contribution < 1.29 is 4.79 Å². The van der Waals surface area contributed by atoms with Crippen molar-refractivity contribution in [3.63, 3.8) is 0 Å². The van der Waals surface area contributed by atoms with Crippen LogP contribution in [0.5, 0.6) is 0 Å². The van der Waals surface area contributed by atoms with Crippen LogP contribution >= 0.6 is 0 Å². The topological polar surface area (TPSA) is 75.1 Å². The molecule has 2 aliphatic rings. The van der Waals surface area contributed by atoms with Crippen molar-refractivity contribution in [3.8, 4) is 0 Å². The number of rotatable bonds is 6. The summed E-state index contributed by atoms with van der Waals surface area (Å²) in [6.07, 6.45) is 7.16. The Hall–Kier alpha value is -1.47. The minimum atomic E-state index is -0.0947. The van der Waals surface area contributed by atoms with E-state index < -0.39 is 0 Å². The molecule has 0 radical (unpaired) electrons. The Morgan fingerprint density at radius 1 is 1.28 bits per heavy atom. The van der Waals surface area contributed by atoms with Crippen molar-refractivity contribution in [2.45, 2.75) is 64.5 Å². The van der Waals surface area contributed by atoms with Gasteiger partial charge in [-0.3, -0.25) is 9.69 Å². The maximum Gasteiger partial charge on any atom is 0.273 e. The zero-order valence-corrected chi connectivity index (χ0v) is 15.6. The van der Waals surface area contributed by atoms with Crippen LogP contribution in [0.15, 0.2) is 0 Å². The molecule has 1 unspecified atom stereocenters. The van der Waals surface area contributed by atoms with Crippen LogP contribution in [0.25, 0.3) is 0 Å². The first-order valence-electron chi connectivity index (χ1n) is 9.85. The average Bonchev–Trinajstić information content (AvgIpc) is 3.04. The molecule has 0 saturated carbocycles. The van der Waals surface area contributed by atoms with Gasteiger partial charge >= 0.3 is 0 Å². The highest BCUT2D eigenvalue weighted by Crippen LogP contribution is 2.20. The lowest BCUT2D eigenvalue weighted by molar-refractivity contribution is 0.0928. The Kier molecular flexibility index (Phi) is 6.42. The number of nitrogens with one attached hydrogen (secondary N) is 2. The van der Waals surface area contributed by atoms with Crippen LogP contribution in [0.3, 0.4) is 0 Å². The van der Waals surface area contributed by atoms with Gasteiger partial charge in [-0.1, -0.05) is 18.6 Å². The van der Waals surface area contributed by atoms with E-state index in [0.717, 1.165) is 44.7 Å². The number of aromatic nitrogens is 3. The highest BCUT2D eigenvalue weighted by Gasteiger charge is 2.24. The quantitative estimate of drug-likeness (QED) is 0.815. The van der Waals surface area contributed by atoms with Crippen LogP contribution in [0.2, 0.25) is 0 Å². The number of likely N-dealkylation sites (tertiary alicyclic amines) is 1. The molecule has 0 aromatic carbocycles. The second-order valence-corrected chi connectivity index (χ2v) is 7.30. The normalized spacial score (nSPS) is 22.9. The SMILES string of the molecule is CCC1CCCCN1CCNC(=O)c1nnn(C2CCNCC2)c1C. The van der Waals surface area contributed by atoms with Gasteiger partial charge in [0.15, 0.2) is 5.69 Å². The highest BCUT2D eigenvalue weighted by atomic mass is 16.2. The first-order chi connectivity index (χ1) is 12.2. The lowest BCUT2D eigenvalue weighted by atomic mass is 10.0. The molecule has 7 heteroatoms. The molecule has 2 N–H and O–H groups in total. The summed E-state index contributed by atoms with van der Waals surface area (Å²) < 4.78 is 1.94. The van der Waals surface area contributed by atoms with Crippen molar-refractivity contribution in [1.29, 1.82) is 0 Å². The Labute approximate surface area is 150 Å². The fourth-order valence-corrected chi connectivity index (χ4v) is 4.16. The molecular weight excluding hydrogens is 316 g/mol. The molecule has 1 aromatic rings. The van der Waals surface area contributed by atoms with E-state index in [1.165, 1.54) is 25.7 Å². The van der Waals surface area contributed by atoms with Gasteiger partial charge in [0.25, 0.3) is 5.91 Å². The Bertz CT molecular complexity index is 566. The van der Waals surface area contributed by atoms with Gasteiger partial charge in [0.1, 0.15) is 0 Å². The summed E-state index contributed by atoms with van der Waals surface area (Å²) in [4.78, 5) is 15.0. The standard InChI is InChI=1S/C18H32N6O/c1-3-15-6-4-5-12-23(15)13-11-20-18(25)17-14(2)24(22-21-17)16-7-9-19-10-8-16/h15-16,19H,3-13H2,1-2H3,(H,20,25). The molecule has 1 atom stereocenters. The maximum atomic E-state index is 12.5. The second-order valence-electron chi connectivity index (χ2n) is 7.30. The van der Waals surface area contributed by atoms with E-state index >= 15 is 0 Å². The van der Waals surface area contributed by atoms with Crippen molar-refractivity contribution in [2.75, 3.05) is 32.7 Å². The summed E-state index contributed by atoms with van der Waals surface area (Å²) in [5, 5.41) is 14.8. The zero-order valence-electron chi connectivity index (χ0n) is 15.6. The molecule has 140 valence electrons.